The SMILES string of the molecule is COC1(CNC(=O)c2cncc(Cl)n2)CCC1. The van der Waals surface area contributed by atoms with Crippen LogP contribution in [0.2, 0.25) is 5.15 Å². The zero-order valence-corrected chi connectivity index (χ0v) is 10.3. The highest BCUT2D eigenvalue weighted by molar-refractivity contribution is 6.29. The highest BCUT2D eigenvalue weighted by atomic mass is 35.5. The molecule has 1 saturated carbocycles. The van der Waals surface area contributed by atoms with Crippen molar-refractivity contribution < 1.29 is 9.53 Å². The standard InChI is InChI=1S/C11H14ClN3O2/c1-17-11(3-2-4-11)7-14-10(16)8-5-13-6-9(12)15-8/h5-6H,2-4,7H2,1H3,(H,14,16). The van der Waals surface area contributed by atoms with Crippen LogP contribution in [0.25, 0.3) is 0 Å². The molecular weight excluding hydrogens is 242 g/mol. The van der Waals surface area contributed by atoms with Crippen molar-refractivity contribution in [3.05, 3.63) is 23.2 Å². The fourth-order valence-corrected chi connectivity index (χ4v) is 1.96. The average Bonchev–Trinajstić information content (AvgIpc) is 2.28. The van der Waals surface area contributed by atoms with Crippen molar-refractivity contribution in [1.29, 1.82) is 0 Å². The Labute approximate surface area is 105 Å². The molecular formula is C11H14ClN3O2. The lowest BCUT2D eigenvalue weighted by molar-refractivity contribution is -0.0679. The van der Waals surface area contributed by atoms with E-state index in [1.54, 1.807) is 7.11 Å². The predicted octanol–water partition coefficient (Wildman–Crippen LogP) is 1.43. The monoisotopic (exact) mass is 255 g/mol. The number of hydrogen-bond donors (Lipinski definition) is 1. The van der Waals surface area contributed by atoms with Gasteiger partial charge in [0.25, 0.3) is 5.91 Å². The number of halogens is 1. The molecule has 0 atom stereocenters. The van der Waals surface area contributed by atoms with Gasteiger partial charge in [0.05, 0.1) is 18.0 Å². The number of aromatic nitrogens is 2. The Morgan fingerprint density at radius 1 is 1.59 bits per heavy atom. The third kappa shape index (κ3) is 2.73. The minimum Gasteiger partial charge on any atom is -0.376 e. The van der Waals surface area contributed by atoms with Crippen LogP contribution in [0.4, 0.5) is 0 Å². The second-order valence-corrected chi connectivity index (χ2v) is 4.54. The molecule has 0 bridgehead atoms. The molecule has 0 unspecified atom stereocenters. The van der Waals surface area contributed by atoms with E-state index in [2.05, 4.69) is 15.3 Å². The molecule has 17 heavy (non-hydrogen) atoms. The maximum Gasteiger partial charge on any atom is 0.271 e. The van der Waals surface area contributed by atoms with Crippen molar-refractivity contribution in [2.75, 3.05) is 13.7 Å². The molecule has 1 aromatic rings. The summed E-state index contributed by atoms with van der Waals surface area (Å²) in [6.07, 6.45) is 5.87. The van der Waals surface area contributed by atoms with Gasteiger partial charge < -0.3 is 10.1 Å². The van der Waals surface area contributed by atoms with E-state index in [4.69, 9.17) is 16.3 Å². The summed E-state index contributed by atoms with van der Waals surface area (Å²) in [5.74, 6) is -0.275. The summed E-state index contributed by atoms with van der Waals surface area (Å²) in [4.78, 5) is 19.5. The Hall–Kier alpha value is -1.20. The number of nitrogens with zero attached hydrogens (tertiary/aromatic N) is 2. The van der Waals surface area contributed by atoms with Gasteiger partial charge in [0.1, 0.15) is 10.8 Å². The molecule has 0 aliphatic heterocycles. The van der Waals surface area contributed by atoms with Crippen LogP contribution in [0.5, 0.6) is 0 Å². The maximum absolute atomic E-state index is 11.8. The van der Waals surface area contributed by atoms with Crippen LogP contribution in [0.3, 0.4) is 0 Å². The van der Waals surface area contributed by atoms with Crippen LogP contribution < -0.4 is 5.32 Å². The molecule has 1 aliphatic rings. The lowest BCUT2D eigenvalue weighted by Crippen LogP contribution is -2.49. The second-order valence-electron chi connectivity index (χ2n) is 4.15. The van der Waals surface area contributed by atoms with Crippen LogP contribution in [-0.4, -0.2) is 35.1 Å². The summed E-state index contributed by atoms with van der Waals surface area (Å²) in [6.45, 7) is 0.497. The molecule has 1 heterocycles. The first-order valence-corrected chi connectivity index (χ1v) is 5.84. The fourth-order valence-electron chi connectivity index (χ4n) is 1.81. The Balaban J connectivity index is 1.93. The molecule has 0 spiro atoms. The molecule has 1 N–H and O–H groups in total. The lowest BCUT2D eigenvalue weighted by atomic mass is 9.80. The Bertz CT molecular complexity index is 415. The molecule has 1 aromatic heterocycles. The number of carbonyl (C=O) groups is 1. The predicted molar refractivity (Wildman–Crippen MR) is 63.0 cm³/mol. The van der Waals surface area contributed by atoms with E-state index in [1.807, 2.05) is 0 Å². The van der Waals surface area contributed by atoms with Crippen molar-refractivity contribution in [2.24, 2.45) is 0 Å². The van der Waals surface area contributed by atoms with Crippen molar-refractivity contribution in [3.63, 3.8) is 0 Å². The number of hydrogen-bond acceptors (Lipinski definition) is 4. The highest BCUT2D eigenvalue weighted by Crippen LogP contribution is 2.34. The molecule has 6 heteroatoms. The van der Waals surface area contributed by atoms with Gasteiger partial charge in [-0.05, 0) is 19.3 Å². The molecule has 1 aliphatic carbocycles. The van der Waals surface area contributed by atoms with Crippen molar-refractivity contribution in [1.82, 2.24) is 15.3 Å². The van der Waals surface area contributed by atoms with Crippen LogP contribution in [-0.2, 0) is 4.74 Å². The Kier molecular flexibility index (Phi) is 3.59. The maximum atomic E-state index is 11.8. The van der Waals surface area contributed by atoms with Gasteiger partial charge in [-0.1, -0.05) is 11.6 Å². The molecule has 92 valence electrons. The summed E-state index contributed by atoms with van der Waals surface area (Å²) >= 11 is 5.67. The van der Waals surface area contributed by atoms with E-state index >= 15 is 0 Å². The van der Waals surface area contributed by atoms with Crippen LogP contribution in [0.15, 0.2) is 12.4 Å². The summed E-state index contributed by atoms with van der Waals surface area (Å²) in [6, 6.07) is 0. The first kappa shape index (κ1) is 12.3. The molecule has 0 saturated heterocycles. The van der Waals surface area contributed by atoms with Gasteiger partial charge >= 0.3 is 0 Å². The van der Waals surface area contributed by atoms with Crippen LogP contribution >= 0.6 is 11.6 Å². The molecule has 1 fully saturated rings. The Morgan fingerprint density at radius 2 is 2.35 bits per heavy atom. The van der Waals surface area contributed by atoms with Gasteiger partial charge in [0.2, 0.25) is 0 Å². The molecule has 5 nitrogen and oxygen atoms in total. The quantitative estimate of drug-likeness (QED) is 0.884. The van der Waals surface area contributed by atoms with E-state index < -0.39 is 0 Å². The number of rotatable bonds is 4. The second kappa shape index (κ2) is 4.98. The fraction of sp³-hybridized carbons (Fsp3) is 0.545. The zero-order valence-electron chi connectivity index (χ0n) is 9.57. The first-order valence-electron chi connectivity index (χ1n) is 5.46. The van der Waals surface area contributed by atoms with E-state index in [9.17, 15) is 4.79 Å². The van der Waals surface area contributed by atoms with Gasteiger partial charge in [0, 0.05) is 13.7 Å². The summed E-state index contributed by atoms with van der Waals surface area (Å²) < 4.78 is 5.41. The highest BCUT2D eigenvalue weighted by Gasteiger charge is 2.37. The molecule has 2 rings (SSSR count). The van der Waals surface area contributed by atoms with Gasteiger partial charge in [-0.3, -0.25) is 9.78 Å². The zero-order chi connectivity index (χ0) is 12.3. The minimum atomic E-state index is -0.275. The van der Waals surface area contributed by atoms with Crippen molar-refractivity contribution in [2.45, 2.75) is 24.9 Å². The van der Waals surface area contributed by atoms with E-state index in [0.29, 0.717) is 6.54 Å². The number of amides is 1. The normalized spacial score (nSPS) is 17.3. The number of methoxy groups -OCH3 is 1. The first-order chi connectivity index (χ1) is 8.15. The van der Waals surface area contributed by atoms with Crippen LogP contribution in [0, 0.1) is 0 Å². The average molecular weight is 256 g/mol. The van der Waals surface area contributed by atoms with E-state index in [1.165, 1.54) is 12.4 Å². The van der Waals surface area contributed by atoms with Crippen LogP contribution in [0.1, 0.15) is 29.8 Å². The molecule has 0 radical (unpaired) electrons. The molecule has 0 aromatic carbocycles. The number of ether oxygens (including phenoxy) is 1. The minimum absolute atomic E-state index is 0.193. The van der Waals surface area contributed by atoms with Crippen molar-refractivity contribution >= 4 is 17.5 Å². The Morgan fingerprint density at radius 3 is 2.88 bits per heavy atom. The molecule has 1 amide bonds. The number of carbonyl (C=O) groups excluding carboxylic acids is 1. The third-order valence-corrected chi connectivity index (χ3v) is 3.29. The van der Waals surface area contributed by atoms with E-state index in [-0.39, 0.29) is 22.4 Å². The topological polar surface area (TPSA) is 64.1 Å². The summed E-state index contributed by atoms with van der Waals surface area (Å²) in [7, 11) is 1.67. The largest absolute Gasteiger partial charge is 0.376 e. The van der Waals surface area contributed by atoms with Gasteiger partial charge in [-0.15, -0.1) is 0 Å². The lowest BCUT2D eigenvalue weighted by Gasteiger charge is -2.40. The van der Waals surface area contributed by atoms with Crippen molar-refractivity contribution in [3.8, 4) is 0 Å². The number of nitrogens with one attached hydrogen (secondary N) is 1. The smallest absolute Gasteiger partial charge is 0.271 e. The summed E-state index contributed by atoms with van der Waals surface area (Å²) in [5.41, 5.74) is 0.0323. The van der Waals surface area contributed by atoms with Gasteiger partial charge in [0.15, 0.2) is 0 Å². The third-order valence-electron chi connectivity index (χ3n) is 3.11. The van der Waals surface area contributed by atoms with Gasteiger partial charge in [-0.2, -0.15) is 0 Å². The summed E-state index contributed by atoms with van der Waals surface area (Å²) in [5, 5.41) is 3.01. The van der Waals surface area contributed by atoms with E-state index in [0.717, 1.165) is 19.3 Å². The van der Waals surface area contributed by atoms with Gasteiger partial charge in [-0.25, -0.2) is 4.98 Å².